The minimum Gasteiger partial charge on any atom is -0.392 e. The second-order valence-corrected chi connectivity index (χ2v) is 7.36. The molecule has 1 heterocycles. The first-order chi connectivity index (χ1) is 9.86. The van der Waals surface area contributed by atoms with Crippen LogP contribution in [0.4, 0.5) is 4.39 Å². The van der Waals surface area contributed by atoms with Crippen LogP contribution in [0.15, 0.2) is 23.1 Å². The molecular weight excluding hydrogens is 295 g/mol. The minimum atomic E-state index is -3.90. The highest BCUT2D eigenvalue weighted by Gasteiger charge is 2.33. The fourth-order valence-corrected chi connectivity index (χ4v) is 4.45. The van der Waals surface area contributed by atoms with Crippen molar-refractivity contribution in [3.63, 3.8) is 0 Å². The lowest BCUT2D eigenvalue weighted by molar-refractivity contribution is 0.281. The van der Waals surface area contributed by atoms with Gasteiger partial charge in [0.2, 0.25) is 10.0 Å². The molecule has 1 aromatic rings. The van der Waals surface area contributed by atoms with Crippen LogP contribution in [0, 0.1) is 5.82 Å². The van der Waals surface area contributed by atoms with Crippen molar-refractivity contribution in [3.05, 3.63) is 29.6 Å². The smallest absolute Gasteiger partial charge is 0.246 e. The highest BCUT2D eigenvalue weighted by Crippen LogP contribution is 2.24. The molecule has 1 aromatic carbocycles. The number of hydrogen-bond donors (Lipinski definition) is 1. The Labute approximate surface area is 125 Å². The van der Waals surface area contributed by atoms with Crippen molar-refractivity contribution in [2.45, 2.75) is 30.9 Å². The third kappa shape index (κ3) is 3.42. The molecule has 5 nitrogen and oxygen atoms in total. The number of aliphatic hydroxyl groups is 1. The maximum absolute atomic E-state index is 14.0. The van der Waals surface area contributed by atoms with Crippen molar-refractivity contribution in [3.8, 4) is 0 Å². The average Bonchev–Trinajstić information content (AvgIpc) is 2.60. The van der Waals surface area contributed by atoms with Gasteiger partial charge in [0.15, 0.2) is 0 Å². The van der Waals surface area contributed by atoms with Gasteiger partial charge in [-0.25, -0.2) is 12.8 Å². The summed E-state index contributed by atoms with van der Waals surface area (Å²) in [4.78, 5) is 1.71. The van der Waals surface area contributed by atoms with Crippen molar-refractivity contribution in [1.82, 2.24) is 9.21 Å². The molecule has 21 heavy (non-hydrogen) atoms. The number of rotatable bonds is 3. The fraction of sp³-hybridized carbons (Fsp3) is 0.571. The van der Waals surface area contributed by atoms with Crippen LogP contribution >= 0.6 is 0 Å². The van der Waals surface area contributed by atoms with Gasteiger partial charge < -0.3 is 10.0 Å². The summed E-state index contributed by atoms with van der Waals surface area (Å²) in [7, 11) is -1.96. The minimum absolute atomic E-state index is 0.223. The SMILES string of the molecule is CC1CN(C)CCCN1S(=O)(=O)c1cc(CO)ccc1F. The first-order valence-electron chi connectivity index (χ1n) is 6.96. The molecule has 0 bridgehead atoms. The van der Waals surface area contributed by atoms with Crippen LogP contribution in [-0.4, -0.2) is 55.5 Å². The van der Waals surface area contributed by atoms with E-state index >= 15 is 0 Å². The molecule has 2 rings (SSSR count). The van der Waals surface area contributed by atoms with Crippen molar-refractivity contribution in [1.29, 1.82) is 0 Å². The van der Waals surface area contributed by atoms with Gasteiger partial charge in [-0.3, -0.25) is 0 Å². The molecule has 1 fully saturated rings. The summed E-state index contributed by atoms with van der Waals surface area (Å²) < 4.78 is 40.8. The first kappa shape index (κ1) is 16.4. The lowest BCUT2D eigenvalue weighted by atomic mass is 10.2. The zero-order valence-corrected chi connectivity index (χ0v) is 13.1. The Bertz CT molecular complexity index is 606. The lowest BCUT2D eigenvalue weighted by Crippen LogP contribution is -2.42. The summed E-state index contributed by atoms with van der Waals surface area (Å²) >= 11 is 0. The van der Waals surface area contributed by atoms with Gasteiger partial charge in [0, 0.05) is 19.1 Å². The van der Waals surface area contributed by atoms with E-state index in [1.807, 2.05) is 14.0 Å². The standard InChI is InChI=1S/C14H21FN2O3S/c1-11-9-16(2)6-3-7-17(11)21(19,20)14-8-12(10-18)4-5-13(14)15/h4-5,8,11,18H,3,6-7,9-10H2,1-2H3. The molecule has 7 heteroatoms. The van der Waals surface area contributed by atoms with E-state index < -0.39 is 15.8 Å². The second-order valence-electron chi connectivity index (χ2n) is 5.50. The Morgan fingerprint density at radius 1 is 1.38 bits per heavy atom. The number of benzene rings is 1. The van der Waals surface area contributed by atoms with Crippen LogP contribution in [0.25, 0.3) is 0 Å². The molecule has 1 unspecified atom stereocenters. The Kier molecular flexibility index (Phi) is 4.98. The summed E-state index contributed by atoms with van der Waals surface area (Å²) in [5.74, 6) is -0.781. The predicted octanol–water partition coefficient (Wildman–Crippen LogP) is 1.03. The summed E-state index contributed by atoms with van der Waals surface area (Å²) in [5, 5.41) is 9.12. The third-order valence-corrected chi connectivity index (χ3v) is 5.78. The van der Waals surface area contributed by atoms with Crippen molar-refractivity contribution >= 4 is 10.0 Å². The van der Waals surface area contributed by atoms with Crippen molar-refractivity contribution in [2.75, 3.05) is 26.7 Å². The van der Waals surface area contributed by atoms with E-state index in [0.29, 0.717) is 25.1 Å². The van der Waals surface area contributed by atoms with Crippen LogP contribution in [0.1, 0.15) is 18.9 Å². The molecule has 0 radical (unpaired) electrons. The largest absolute Gasteiger partial charge is 0.392 e. The zero-order chi connectivity index (χ0) is 15.6. The number of aliphatic hydroxyl groups excluding tert-OH is 1. The summed E-state index contributed by atoms with van der Waals surface area (Å²) in [5.41, 5.74) is 0.384. The van der Waals surface area contributed by atoms with E-state index in [2.05, 4.69) is 4.90 Å². The Balaban J connectivity index is 2.41. The summed E-state index contributed by atoms with van der Waals surface area (Å²) in [6, 6.07) is 3.47. The third-order valence-electron chi connectivity index (χ3n) is 3.75. The number of sulfonamides is 1. The first-order valence-corrected chi connectivity index (χ1v) is 8.40. The zero-order valence-electron chi connectivity index (χ0n) is 12.3. The second kappa shape index (κ2) is 6.39. The van der Waals surface area contributed by atoms with Crippen molar-refractivity contribution in [2.24, 2.45) is 0 Å². The highest BCUT2D eigenvalue weighted by molar-refractivity contribution is 7.89. The summed E-state index contributed by atoms with van der Waals surface area (Å²) in [6.45, 7) is 3.31. The number of hydrogen-bond acceptors (Lipinski definition) is 4. The monoisotopic (exact) mass is 316 g/mol. The van der Waals surface area contributed by atoms with Crippen LogP contribution in [0.3, 0.4) is 0 Å². The lowest BCUT2D eigenvalue weighted by Gasteiger charge is -2.27. The van der Waals surface area contributed by atoms with Crippen LogP contribution in [0.2, 0.25) is 0 Å². The molecule has 0 aromatic heterocycles. The highest BCUT2D eigenvalue weighted by atomic mass is 32.2. The van der Waals surface area contributed by atoms with E-state index in [4.69, 9.17) is 5.11 Å². The van der Waals surface area contributed by atoms with Gasteiger partial charge in [-0.2, -0.15) is 4.31 Å². The molecule has 0 amide bonds. The molecule has 0 aliphatic carbocycles. The summed E-state index contributed by atoms with van der Waals surface area (Å²) in [6.07, 6.45) is 0.710. The fourth-order valence-electron chi connectivity index (χ4n) is 2.68. The topological polar surface area (TPSA) is 60.9 Å². The van der Waals surface area contributed by atoms with Gasteiger partial charge in [0.1, 0.15) is 10.7 Å². The molecule has 1 N–H and O–H groups in total. The Morgan fingerprint density at radius 2 is 2.10 bits per heavy atom. The maximum Gasteiger partial charge on any atom is 0.246 e. The average molecular weight is 316 g/mol. The van der Waals surface area contributed by atoms with E-state index in [-0.39, 0.29) is 17.5 Å². The van der Waals surface area contributed by atoms with Gasteiger partial charge in [-0.05, 0) is 44.6 Å². The molecule has 118 valence electrons. The molecule has 1 aliphatic heterocycles. The van der Waals surface area contributed by atoms with Gasteiger partial charge in [-0.1, -0.05) is 6.07 Å². The molecular formula is C14H21FN2O3S. The molecule has 0 saturated carbocycles. The van der Waals surface area contributed by atoms with Gasteiger partial charge >= 0.3 is 0 Å². The normalized spacial score (nSPS) is 22.2. The Hall–Kier alpha value is -1.02. The number of nitrogens with zero attached hydrogens (tertiary/aromatic N) is 2. The molecule has 0 spiro atoms. The quantitative estimate of drug-likeness (QED) is 0.905. The van der Waals surface area contributed by atoms with E-state index in [1.54, 1.807) is 0 Å². The van der Waals surface area contributed by atoms with Gasteiger partial charge in [0.05, 0.1) is 6.61 Å². The molecule has 1 aliphatic rings. The molecule has 1 atom stereocenters. The van der Waals surface area contributed by atoms with Gasteiger partial charge in [-0.15, -0.1) is 0 Å². The van der Waals surface area contributed by atoms with Crippen LogP contribution in [-0.2, 0) is 16.6 Å². The maximum atomic E-state index is 14.0. The van der Waals surface area contributed by atoms with Crippen LogP contribution < -0.4 is 0 Å². The number of halogens is 1. The Morgan fingerprint density at radius 3 is 2.76 bits per heavy atom. The van der Waals surface area contributed by atoms with E-state index in [1.165, 1.54) is 16.4 Å². The van der Waals surface area contributed by atoms with E-state index in [9.17, 15) is 12.8 Å². The number of likely N-dealkylation sites (N-methyl/N-ethyl adjacent to an activating group) is 1. The van der Waals surface area contributed by atoms with Crippen molar-refractivity contribution < 1.29 is 17.9 Å². The van der Waals surface area contributed by atoms with Crippen LogP contribution in [0.5, 0.6) is 0 Å². The molecule has 1 saturated heterocycles. The van der Waals surface area contributed by atoms with Gasteiger partial charge in [0.25, 0.3) is 0 Å². The predicted molar refractivity (Wildman–Crippen MR) is 77.8 cm³/mol. The van der Waals surface area contributed by atoms with E-state index in [0.717, 1.165) is 12.6 Å².